The second-order valence-electron chi connectivity index (χ2n) is 6.81. The van der Waals surface area contributed by atoms with Crippen LogP contribution in [0.15, 0.2) is 36.4 Å². The van der Waals surface area contributed by atoms with Gasteiger partial charge in [-0.05, 0) is 0 Å². The molecule has 0 aliphatic carbocycles. The molecule has 0 aliphatic rings. The molecule has 0 saturated heterocycles. The first-order valence-corrected chi connectivity index (χ1v) is 9.11. The predicted molar refractivity (Wildman–Crippen MR) is 109 cm³/mol. The molecule has 178 valence electrons. The van der Waals surface area contributed by atoms with Gasteiger partial charge in [-0.3, -0.25) is 40.5 Å². The van der Waals surface area contributed by atoms with Crippen molar-refractivity contribution in [1.29, 1.82) is 0 Å². The molecule has 0 heterocycles. The van der Waals surface area contributed by atoms with Crippen LogP contribution in [0.1, 0.15) is 27.6 Å². The zero-order valence-corrected chi connectivity index (χ0v) is 17.1. The Morgan fingerprint density at radius 1 is 0.647 bits per heavy atom. The molecule has 0 aliphatic heterocycles. The van der Waals surface area contributed by atoms with E-state index in [1.54, 1.807) is 0 Å². The van der Waals surface area contributed by atoms with Crippen LogP contribution < -0.4 is 0 Å². The highest BCUT2D eigenvalue weighted by atomic mass is 16.6. The van der Waals surface area contributed by atoms with E-state index in [2.05, 4.69) is 0 Å². The Bertz CT molecular complexity index is 1040. The van der Waals surface area contributed by atoms with Gasteiger partial charge >= 0.3 is 11.9 Å². The minimum Gasteiger partial charge on any atom is -0.462 e. The van der Waals surface area contributed by atoms with Crippen LogP contribution in [0.2, 0.25) is 0 Å². The van der Waals surface area contributed by atoms with Gasteiger partial charge in [0.2, 0.25) is 0 Å². The lowest BCUT2D eigenvalue weighted by Gasteiger charge is -2.13. The molecule has 0 radical (unpaired) electrons. The number of carbonyl (C=O) groups excluding carboxylic acids is 2. The van der Waals surface area contributed by atoms with Crippen molar-refractivity contribution in [1.82, 2.24) is 0 Å². The van der Waals surface area contributed by atoms with Crippen LogP contribution in [0.3, 0.4) is 0 Å². The summed E-state index contributed by atoms with van der Waals surface area (Å²) in [7, 11) is 0. The normalized spacial score (nSPS) is 10.4. The number of hydrogen-bond donors (Lipinski definition) is 0. The number of rotatable bonds is 10. The van der Waals surface area contributed by atoms with Crippen LogP contribution in [0.25, 0.3) is 0 Å². The highest BCUT2D eigenvalue weighted by molar-refractivity contribution is 5.91. The number of esters is 2. The Morgan fingerprint density at radius 3 is 1.15 bits per heavy atom. The molecule has 2 rings (SSSR count). The number of non-ortho nitro benzene ring substituents is 4. The molecule has 0 bridgehead atoms. The zero-order chi connectivity index (χ0) is 25.6. The Kier molecular flexibility index (Phi) is 7.82. The summed E-state index contributed by atoms with van der Waals surface area (Å²) >= 11 is 0. The minimum atomic E-state index is -1.10. The van der Waals surface area contributed by atoms with Crippen molar-refractivity contribution in [3.8, 4) is 0 Å². The quantitative estimate of drug-likeness (QED) is 0.273. The van der Waals surface area contributed by atoms with E-state index in [0.717, 1.165) is 24.3 Å². The summed E-state index contributed by atoms with van der Waals surface area (Å²) in [6, 6.07) is 4.56. The Labute approximate surface area is 188 Å². The Morgan fingerprint density at radius 2 is 0.912 bits per heavy atom. The van der Waals surface area contributed by atoms with Gasteiger partial charge in [-0.15, -0.1) is 0 Å². The second kappa shape index (κ2) is 10.5. The lowest BCUT2D eigenvalue weighted by molar-refractivity contribution is -0.394. The summed E-state index contributed by atoms with van der Waals surface area (Å²) in [5.41, 5.74) is -3.62. The van der Waals surface area contributed by atoms with Gasteiger partial charge in [0.1, 0.15) is 0 Å². The van der Waals surface area contributed by atoms with Gasteiger partial charge in [0, 0.05) is 30.2 Å². The fourth-order valence-electron chi connectivity index (χ4n) is 2.50. The first-order valence-electron chi connectivity index (χ1n) is 9.11. The van der Waals surface area contributed by atoms with Crippen molar-refractivity contribution in [2.45, 2.75) is 6.92 Å². The second-order valence-corrected chi connectivity index (χ2v) is 6.81. The SMILES string of the molecule is CC(COC(=O)c1cc([N+](=O)[O-])cc([N+](=O)[O-])c1)COC(=O)c1cc([N+](=O)[O-])cc([N+](=O)[O-])c1. The van der Waals surface area contributed by atoms with Gasteiger partial charge < -0.3 is 9.47 Å². The highest BCUT2D eigenvalue weighted by Gasteiger charge is 2.23. The first kappa shape index (κ1) is 25.2. The van der Waals surface area contributed by atoms with E-state index in [1.807, 2.05) is 0 Å². The van der Waals surface area contributed by atoms with Crippen molar-refractivity contribution in [2.24, 2.45) is 5.92 Å². The summed E-state index contributed by atoms with van der Waals surface area (Å²) in [6.45, 7) is 0.752. The van der Waals surface area contributed by atoms with Gasteiger partial charge in [0.25, 0.3) is 22.7 Å². The van der Waals surface area contributed by atoms with Crippen LogP contribution >= 0.6 is 0 Å². The maximum absolute atomic E-state index is 12.2. The Hall–Kier alpha value is -5.02. The van der Waals surface area contributed by atoms with Crippen molar-refractivity contribution in [2.75, 3.05) is 13.2 Å². The van der Waals surface area contributed by atoms with E-state index in [0.29, 0.717) is 12.1 Å². The molecule has 2 aromatic rings. The number of hydrogen-bond acceptors (Lipinski definition) is 12. The lowest BCUT2D eigenvalue weighted by atomic mass is 10.1. The standard InChI is InChI=1S/C18H14N4O12/c1-10(8-33-17(23)11-2-13(19(25)26)6-14(3-11)20(27)28)9-34-18(24)12-4-15(21(29)30)7-16(5-12)22(31)32/h2-7,10H,8-9H2,1H3. The summed E-state index contributed by atoms with van der Waals surface area (Å²) in [6.07, 6.45) is 0. The van der Waals surface area contributed by atoms with Crippen molar-refractivity contribution >= 4 is 34.7 Å². The van der Waals surface area contributed by atoms with Crippen LogP contribution in [0.5, 0.6) is 0 Å². The van der Waals surface area contributed by atoms with Crippen LogP contribution in [-0.4, -0.2) is 44.8 Å². The molecule has 16 heteroatoms. The van der Waals surface area contributed by atoms with Crippen LogP contribution in [-0.2, 0) is 9.47 Å². The molecular formula is C18H14N4O12. The molecule has 0 saturated carbocycles. The maximum atomic E-state index is 12.2. The number of nitro benzene ring substituents is 4. The molecule has 16 nitrogen and oxygen atoms in total. The van der Waals surface area contributed by atoms with Gasteiger partial charge in [-0.25, -0.2) is 9.59 Å². The van der Waals surface area contributed by atoms with Gasteiger partial charge in [-0.1, -0.05) is 6.92 Å². The average molecular weight is 478 g/mol. The number of nitrogens with zero attached hydrogens (tertiary/aromatic N) is 4. The van der Waals surface area contributed by atoms with E-state index in [9.17, 15) is 50.0 Å². The monoisotopic (exact) mass is 478 g/mol. The third-order valence-corrected chi connectivity index (χ3v) is 4.12. The van der Waals surface area contributed by atoms with E-state index in [4.69, 9.17) is 9.47 Å². The fraction of sp³-hybridized carbons (Fsp3) is 0.222. The molecule has 0 N–H and O–H groups in total. The molecular weight excluding hydrogens is 464 g/mol. The smallest absolute Gasteiger partial charge is 0.338 e. The van der Waals surface area contributed by atoms with Gasteiger partial charge in [0.15, 0.2) is 0 Å². The van der Waals surface area contributed by atoms with Crippen LogP contribution in [0.4, 0.5) is 22.7 Å². The Balaban J connectivity index is 2.02. The number of ether oxygens (including phenoxy) is 2. The minimum absolute atomic E-state index is 0.363. The molecule has 2 aromatic carbocycles. The average Bonchev–Trinajstić information content (AvgIpc) is 2.79. The lowest BCUT2D eigenvalue weighted by Crippen LogP contribution is -2.19. The van der Waals surface area contributed by atoms with E-state index in [1.165, 1.54) is 6.92 Å². The van der Waals surface area contributed by atoms with E-state index in [-0.39, 0.29) is 13.2 Å². The highest BCUT2D eigenvalue weighted by Crippen LogP contribution is 2.24. The first-order chi connectivity index (χ1) is 15.9. The molecule has 0 spiro atoms. The number of benzene rings is 2. The predicted octanol–water partition coefficient (Wildman–Crippen LogP) is 2.97. The fourth-order valence-corrected chi connectivity index (χ4v) is 2.50. The van der Waals surface area contributed by atoms with Crippen molar-refractivity contribution < 1.29 is 38.8 Å². The molecule has 0 fully saturated rings. The summed E-state index contributed by atoms with van der Waals surface area (Å²) in [4.78, 5) is 64.3. The van der Waals surface area contributed by atoms with Crippen molar-refractivity contribution in [3.63, 3.8) is 0 Å². The molecule has 34 heavy (non-hydrogen) atoms. The molecule has 0 aromatic heterocycles. The number of carbonyl (C=O) groups is 2. The summed E-state index contributed by atoms with van der Waals surface area (Å²) in [5.74, 6) is -2.84. The largest absolute Gasteiger partial charge is 0.462 e. The third kappa shape index (κ3) is 6.49. The molecule has 0 atom stereocenters. The molecule has 0 amide bonds. The third-order valence-electron chi connectivity index (χ3n) is 4.12. The topological polar surface area (TPSA) is 225 Å². The summed E-state index contributed by atoms with van der Waals surface area (Å²) in [5, 5.41) is 43.6. The number of nitro groups is 4. The van der Waals surface area contributed by atoms with Gasteiger partial charge in [-0.2, -0.15) is 0 Å². The van der Waals surface area contributed by atoms with E-state index >= 15 is 0 Å². The maximum Gasteiger partial charge on any atom is 0.338 e. The molecule has 0 unspecified atom stereocenters. The summed E-state index contributed by atoms with van der Waals surface area (Å²) < 4.78 is 9.89. The van der Waals surface area contributed by atoms with Crippen LogP contribution in [0, 0.1) is 46.4 Å². The van der Waals surface area contributed by atoms with Crippen molar-refractivity contribution in [3.05, 3.63) is 88.0 Å². The van der Waals surface area contributed by atoms with E-state index < -0.39 is 71.4 Å². The van der Waals surface area contributed by atoms with Gasteiger partial charge in [0.05, 0.1) is 56.2 Å². The zero-order valence-electron chi connectivity index (χ0n) is 17.1.